The number of fused-ring (bicyclic) bond motifs is 1. The predicted octanol–water partition coefficient (Wildman–Crippen LogP) is 3.88. The van der Waals surface area contributed by atoms with Crippen molar-refractivity contribution >= 4 is 11.8 Å². The molecule has 2 nitrogen and oxygen atoms in total. The molecule has 1 aromatic carbocycles. The molecule has 1 aliphatic heterocycles. The van der Waals surface area contributed by atoms with Crippen LogP contribution >= 0.6 is 11.8 Å². The van der Waals surface area contributed by atoms with Gasteiger partial charge in [-0.05, 0) is 30.9 Å². The highest BCUT2D eigenvalue weighted by atomic mass is 32.2. The fourth-order valence-electron chi connectivity index (χ4n) is 2.54. The third kappa shape index (κ3) is 3.90. The van der Waals surface area contributed by atoms with E-state index in [4.69, 9.17) is 4.74 Å². The molecule has 2 rings (SSSR count). The lowest BCUT2D eigenvalue weighted by Gasteiger charge is -2.34. The molecule has 3 unspecified atom stereocenters. The molecule has 1 N–H and O–H groups in total. The highest BCUT2D eigenvalue weighted by Gasteiger charge is 2.28. The molecule has 1 heterocycles. The van der Waals surface area contributed by atoms with Gasteiger partial charge < -0.3 is 10.1 Å². The molecule has 1 aromatic rings. The third-order valence-corrected chi connectivity index (χ3v) is 4.62. The first-order valence-corrected chi connectivity index (χ1v) is 8.43. The molecule has 0 amide bonds. The molecule has 1 aliphatic rings. The van der Waals surface area contributed by atoms with E-state index >= 15 is 0 Å². The number of hydrogen-bond acceptors (Lipinski definition) is 3. The molecule has 0 bridgehead atoms. The standard InChI is InChI=1S/C16H25NOS/c1-4-19-10-9-13(3)17-16-12(2)11-18-15-8-6-5-7-14(15)16/h5-8,12-13,16-17H,4,9-11H2,1-3H3. The minimum Gasteiger partial charge on any atom is -0.493 e. The summed E-state index contributed by atoms with van der Waals surface area (Å²) in [6.07, 6.45) is 1.23. The maximum absolute atomic E-state index is 5.80. The van der Waals surface area contributed by atoms with E-state index in [1.54, 1.807) is 0 Å². The topological polar surface area (TPSA) is 21.3 Å². The number of nitrogens with one attached hydrogen (secondary N) is 1. The van der Waals surface area contributed by atoms with Crippen LogP contribution in [0.2, 0.25) is 0 Å². The summed E-state index contributed by atoms with van der Waals surface area (Å²) in [6, 6.07) is 9.40. The molecule has 3 heteroatoms. The summed E-state index contributed by atoms with van der Waals surface area (Å²) in [5.74, 6) is 4.03. The van der Waals surface area contributed by atoms with Gasteiger partial charge in [-0.25, -0.2) is 0 Å². The molecule has 0 aliphatic carbocycles. The minimum absolute atomic E-state index is 0.423. The van der Waals surface area contributed by atoms with Gasteiger partial charge in [0.25, 0.3) is 0 Å². The van der Waals surface area contributed by atoms with Gasteiger partial charge >= 0.3 is 0 Å². The van der Waals surface area contributed by atoms with Gasteiger partial charge in [0.2, 0.25) is 0 Å². The molecule has 0 saturated carbocycles. The Labute approximate surface area is 121 Å². The molecular formula is C16H25NOS. The van der Waals surface area contributed by atoms with E-state index in [2.05, 4.69) is 44.3 Å². The molecule has 0 fully saturated rings. The van der Waals surface area contributed by atoms with Crippen molar-refractivity contribution in [1.29, 1.82) is 0 Å². The van der Waals surface area contributed by atoms with Crippen molar-refractivity contribution in [3.8, 4) is 5.75 Å². The number of thioether (sulfide) groups is 1. The molecule has 0 aromatic heterocycles. The second kappa shape index (κ2) is 7.20. The van der Waals surface area contributed by atoms with E-state index in [0.29, 0.717) is 18.0 Å². The van der Waals surface area contributed by atoms with Gasteiger partial charge in [0.15, 0.2) is 0 Å². The van der Waals surface area contributed by atoms with Gasteiger partial charge in [0.05, 0.1) is 6.61 Å². The van der Waals surface area contributed by atoms with Gasteiger partial charge in [-0.1, -0.05) is 32.0 Å². The van der Waals surface area contributed by atoms with Crippen LogP contribution in [0.25, 0.3) is 0 Å². The predicted molar refractivity (Wildman–Crippen MR) is 84.1 cm³/mol. The summed E-state index contributed by atoms with van der Waals surface area (Å²) in [7, 11) is 0. The molecule has 3 atom stereocenters. The summed E-state index contributed by atoms with van der Waals surface area (Å²) >= 11 is 2.02. The number of para-hydroxylation sites is 1. The summed E-state index contributed by atoms with van der Waals surface area (Å²) < 4.78 is 5.80. The molecule has 106 valence electrons. The quantitative estimate of drug-likeness (QED) is 0.799. The summed E-state index contributed by atoms with van der Waals surface area (Å²) in [4.78, 5) is 0. The maximum atomic E-state index is 5.80. The lowest BCUT2D eigenvalue weighted by molar-refractivity contribution is 0.181. The maximum Gasteiger partial charge on any atom is 0.124 e. The van der Waals surface area contributed by atoms with Gasteiger partial charge in [-0.15, -0.1) is 0 Å². The van der Waals surface area contributed by atoms with Crippen LogP contribution in [0.15, 0.2) is 24.3 Å². The van der Waals surface area contributed by atoms with Crippen LogP contribution in [0.3, 0.4) is 0 Å². The second-order valence-corrected chi connectivity index (χ2v) is 6.75. The average Bonchev–Trinajstić information content (AvgIpc) is 2.42. The Morgan fingerprint density at radius 3 is 3.00 bits per heavy atom. The van der Waals surface area contributed by atoms with Gasteiger partial charge in [0.1, 0.15) is 5.75 Å². The van der Waals surface area contributed by atoms with Crippen LogP contribution in [0.4, 0.5) is 0 Å². The first-order valence-electron chi connectivity index (χ1n) is 7.28. The smallest absolute Gasteiger partial charge is 0.124 e. The second-order valence-electron chi connectivity index (χ2n) is 5.36. The van der Waals surface area contributed by atoms with E-state index in [0.717, 1.165) is 12.4 Å². The summed E-state index contributed by atoms with van der Waals surface area (Å²) in [5, 5.41) is 3.79. The molecule has 19 heavy (non-hydrogen) atoms. The molecule has 0 spiro atoms. The Hall–Kier alpha value is -0.670. The SMILES string of the molecule is CCSCCC(C)NC1c2ccccc2OCC1C. The van der Waals surface area contributed by atoms with Crippen LogP contribution in [-0.4, -0.2) is 24.2 Å². The van der Waals surface area contributed by atoms with E-state index in [-0.39, 0.29) is 0 Å². The van der Waals surface area contributed by atoms with E-state index < -0.39 is 0 Å². The lowest BCUT2D eigenvalue weighted by Crippen LogP contribution is -2.38. The Morgan fingerprint density at radius 1 is 1.42 bits per heavy atom. The average molecular weight is 279 g/mol. The zero-order valence-corrected chi connectivity index (χ0v) is 13.0. The fourth-order valence-corrected chi connectivity index (χ4v) is 3.35. The summed E-state index contributed by atoms with van der Waals surface area (Å²) in [5.41, 5.74) is 1.32. The van der Waals surface area contributed by atoms with Crippen molar-refractivity contribution < 1.29 is 4.74 Å². The van der Waals surface area contributed by atoms with Crippen molar-refractivity contribution in [1.82, 2.24) is 5.32 Å². The number of hydrogen-bond donors (Lipinski definition) is 1. The number of rotatable bonds is 6. The Kier molecular flexibility index (Phi) is 5.59. The monoisotopic (exact) mass is 279 g/mol. The Bertz CT molecular complexity index is 396. The number of benzene rings is 1. The Balaban J connectivity index is 1.98. The van der Waals surface area contributed by atoms with Crippen molar-refractivity contribution in [3.05, 3.63) is 29.8 Å². The number of ether oxygens (including phenoxy) is 1. The van der Waals surface area contributed by atoms with Gasteiger partial charge in [0, 0.05) is 23.6 Å². The van der Waals surface area contributed by atoms with E-state index in [9.17, 15) is 0 Å². The zero-order chi connectivity index (χ0) is 13.7. The zero-order valence-electron chi connectivity index (χ0n) is 12.2. The largest absolute Gasteiger partial charge is 0.493 e. The van der Waals surface area contributed by atoms with Crippen LogP contribution in [-0.2, 0) is 0 Å². The molecular weight excluding hydrogens is 254 g/mol. The highest BCUT2D eigenvalue weighted by Crippen LogP contribution is 2.35. The normalized spacial score (nSPS) is 23.5. The first-order chi connectivity index (χ1) is 9.22. The third-order valence-electron chi connectivity index (χ3n) is 3.69. The Morgan fingerprint density at radius 2 is 2.21 bits per heavy atom. The van der Waals surface area contributed by atoms with Crippen LogP contribution in [0, 0.1) is 5.92 Å². The van der Waals surface area contributed by atoms with E-state index in [1.165, 1.54) is 23.5 Å². The lowest BCUT2D eigenvalue weighted by atomic mass is 9.91. The van der Waals surface area contributed by atoms with Crippen molar-refractivity contribution in [3.63, 3.8) is 0 Å². The van der Waals surface area contributed by atoms with Crippen molar-refractivity contribution in [2.24, 2.45) is 5.92 Å². The van der Waals surface area contributed by atoms with Crippen LogP contribution < -0.4 is 10.1 Å². The highest BCUT2D eigenvalue weighted by molar-refractivity contribution is 7.99. The van der Waals surface area contributed by atoms with E-state index in [1.807, 2.05) is 17.8 Å². The first kappa shape index (κ1) is 14.7. The minimum atomic E-state index is 0.423. The fraction of sp³-hybridized carbons (Fsp3) is 0.625. The summed E-state index contributed by atoms with van der Waals surface area (Å²) in [6.45, 7) is 7.59. The van der Waals surface area contributed by atoms with Gasteiger partial charge in [-0.3, -0.25) is 0 Å². The van der Waals surface area contributed by atoms with Crippen molar-refractivity contribution in [2.75, 3.05) is 18.1 Å². The molecule has 0 saturated heterocycles. The van der Waals surface area contributed by atoms with Crippen molar-refractivity contribution in [2.45, 2.75) is 39.3 Å². The van der Waals surface area contributed by atoms with Gasteiger partial charge in [-0.2, -0.15) is 11.8 Å². The van der Waals surface area contributed by atoms with Crippen LogP contribution in [0.5, 0.6) is 5.75 Å². The molecule has 0 radical (unpaired) electrons. The van der Waals surface area contributed by atoms with Crippen LogP contribution in [0.1, 0.15) is 38.8 Å².